The lowest BCUT2D eigenvalue weighted by Gasteiger charge is -2.07. The average molecular weight is 412 g/mol. The zero-order valence-electron chi connectivity index (χ0n) is 13.8. The second-order valence-corrected chi connectivity index (χ2v) is 7.54. The largest absolute Gasteiger partial charge is 0.298 e. The van der Waals surface area contributed by atoms with Gasteiger partial charge in [0.25, 0.3) is 15.9 Å². The number of sulfonamides is 1. The van der Waals surface area contributed by atoms with E-state index in [1.807, 2.05) is 4.72 Å². The second kappa shape index (κ2) is 7.09. The Kier molecular flexibility index (Phi) is 4.99. The van der Waals surface area contributed by atoms with Crippen LogP contribution < -0.4 is 4.72 Å². The van der Waals surface area contributed by atoms with Crippen LogP contribution in [0.25, 0.3) is 5.69 Å². The monoisotopic (exact) mass is 411 g/mol. The van der Waals surface area contributed by atoms with Gasteiger partial charge >= 0.3 is 0 Å². The number of aromatic nitrogens is 2. The van der Waals surface area contributed by atoms with Crippen molar-refractivity contribution >= 4 is 27.5 Å². The first-order chi connectivity index (χ1) is 12.7. The predicted octanol–water partition coefficient (Wildman–Crippen LogP) is 3.23. The van der Waals surface area contributed by atoms with Crippen LogP contribution in [0.1, 0.15) is 16.3 Å². The molecule has 0 saturated carbocycles. The lowest BCUT2D eigenvalue weighted by atomic mass is 10.3. The van der Waals surface area contributed by atoms with Crippen LogP contribution in [0.4, 0.5) is 8.78 Å². The third kappa shape index (κ3) is 3.69. The number of para-hydroxylation sites is 1. The maximum absolute atomic E-state index is 14.0. The van der Waals surface area contributed by atoms with Crippen molar-refractivity contribution in [2.75, 3.05) is 0 Å². The fourth-order valence-electron chi connectivity index (χ4n) is 2.42. The van der Waals surface area contributed by atoms with Gasteiger partial charge in [0.05, 0.1) is 5.02 Å². The number of benzene rings is 2. The molecule has 0 unspecified atom stereocenters. The molecule has 0 saturated heterocycles. The summed E-state index contributed by atoms with van der Waals surface area (Å²) in [5.41, 5.74) is -0.749. The van der Waals surface area contributed by atoms with E-state index >= 15 is 0 Å². The number of nitrogens with one attached hydrogen (secondary N) is 1. The number of carbonyl (C=O) groups excluding carboxylic acids is 1. The Hall–Kier alpha value is -2.78. The molecule has 0 spiro atoms. The van der Waals surface area contributed by atoms with Crippen molar-refractivity contribution in [2.24, 2.45) is 0 Å². The second-order valence-electron chi connectivity index (χ2n) is 5.48. The van der Waals surface area contributed by atoms with E-state index in [1.54, 1.807) is 0 Å². The number of hydrogen-bond donors (Lipinski definition) is 1. The van der Waals surface area contributed by atoms with Crippen molar-refractivity contribution in [1.82, 2.24) is 14.3 Å². The molecule has 0 atom stereocenters. The van der Waals surface area contributed by atoms with Gasteiger partial charge in [-0.1, -0.05) is 29.8 Å². The lowest BCUT2D eigenvalue weighted by Crippen LogP contribution is -2.31. The van der Waals surface area contributed by atoms with Crippen LogP contribution >= 0.6 is 11.6 Å². The smallest absolute Gasteiger partial charge is 0.285 e. The van der Waals surface area contributed by atoms with Crippen LogP contribution in [0, 0.1) is 18.6 Å². The molecule has 1 aromatic heterocycles. The summed E-state index contributed by atoms with van der Waals surface area (Å²) in [5, 5.41) is -0.0621. The molecule has 0 fully saturated rings. The topological polar surface area (TPSA) is 81.1 Å². The van der Waals surface area contributed by atoms with E-state index in [0.717, 1.165) is 22.9 Å². The zero-order valence-corrected chi connectivity index (χ0v) is 15.4. The lowest BCUT2D eigenvalue weighted by molar-refractivity contribution is 0.0977. The minimum absolute atomic E-state index is 0.0621. The van der Waals surface area contributed by atoms with E-state index in [1.165, 1.54) is 37.3 Å². The number of imidazole rings is 1. The molecule has 1 amide bonds. The molecule has 3 aromatic rings. The average Bonchev–Trinajstić information content (AvgIpc) is 2.96. The van der Waals surface area contributed by atoms with Crippen molar-refractivity contribution in [3.8, 4) is 5.69 Å². The van der Waals surface area contributed by atoms with E-state index < -0.39 is 33.3 Å². The molecule has 27 heavy (non-hydrogen) atoms. The van der Waals surface area contributed by atoms with Gasteiger partial charge in [-0.3, -0.25) is 9.36 Å². The number of carbonyl (C=O) groups is 1. The highest BCUT2D eigenvalue weighted by Crippen LogP contribution is 2.22. The first kappa shape index (κ1) is 19.0. The number of aryl methyl sites for hydroxylation is 1. The zero-order chi connectivity index (χ0) is 19.8. The van der Waals surface area contributed by atoms with Crippen molar-refractivity contribution in [3.05, 3.63) is 76.8 Å². The Labute approximate surface area is 158 Å². The molecule has 2 aromatic carbocycles. The minimum atomic E-state index is -4.25. The van der Waals surface area contributed by atoms with Gasteiger partial charge in [0.2, 0.25) is 0 Å². The maximum Gasteiger partial charge on any atom is 0.285 e. The minimum Gasteiger partial charge on any atom is -0.298 e. The van der Waals surface area contributed by atoms with Crippen molar-refractivity contribution in [3.63, 3.8) is 0 Å². The number of rotatable bonds is 4. The van der Waals surface area contributed by atoms with E-state index in [-0.39, 0.29) is 21.4 Å². The summed E-state index contributed by atoms with van der Waals surface area (Å²) in [6.45, 7) is 1.42. The molecule has 6 nitrogen and oxygen atoms in total. The van der Waals surface area contributed by atoms with Crippen LogP contribution in [0.2, 0.25) is 5.02 Å². The van der Waals surface area contributed by atoms with Crippen LogP contribution in [-0.4, -0.2) is 23.9 Å². The number of hydrogen-bond acceptors (Lipinski definition) is 4. The van der Waals surface area contributed by atoms with E-state index in [2.05, 4.69) is 4.98 Å². The fourth-order valence-corrected chi connectivity index (χ4v) is 3.90. The Morgan fingerprint density at radius 3 is 2.37 bits per heavy atom. The molecule has 0 radical (unpaired) electrons. The summed E-state index contributed by atoms with van der Waals surface area (Å²) in [5.74, 6) is -2.68. The highest BCUT2D eigenvalue weighted by molar-refractivity contribution is 7.90. The Morgan fingerprint density at radius 2 is 1.74 bits per heavy atom. The normalized spacial score (nSPS) is 11.4. The van der Waals surface area contributed by atoms with Crippen molar-refractivity contribution < 1.29 is 22.0 Å². The number of amides is 1. The summed E-state index contributed by atoms with van der Waals surface area (Å²) in [6.07, 6.45) is 1.05. The molecule has 0 aliphatic carbocycles. The fraction of sp³-hybridized carbons (Fsp3) is 0.0588. The van der Waals surface area contributed by atoms with Crippen molar-refractivity contribution in [2.45, 2.75) is 11.8 Å². The Morgan fingerprint density at radius 1 is 1.11 bits per heavy atom. The van der Waals surface area contributed by atoms with Gasteiger partial charge in [0.15, 0.2) is 0 Å². The Balaban J connectivity index is 1.95. The molecule has 3 rings (SSSR count). The molecule has 140 valence electrons. The maximum atomic E-state index is 14.0. The van der Waals surface area contributed by atoms with E-state index in [0.29, 0.717) is 0 Å². The highest BCUT2D eigenvalue weighted by Gasteiger charge is 2.24. The van der Waals surface area contributed by atoms with Gasteiger partial charge in [-0.2, -0.15) is 0 Å². The van der Waals surface area contributed by atoms with Crippen LogP contribution in [0.3, 0.4) is 0 Å². The first-order valence-corrected chi connectivity index (χ1v) is 9.39. The third-order valence-corrected chi connectivity index (χ3v) is 5.48. The molecular weight excluding hydrogens is 400 g/mol. The molecule has 1 N–H and O–H groups in total. The quantitative estimate of drug-likeness (QED) is 0.714. The summed E-state index contributed by atoms with van der Waals surface area (Å²) in [4.78, 5) is 15.9. The van der Waals surface area contributed by atoms with Crippen molar-refractivity contribution in [1.29, 1.82) is 0 Å². The summed E-state index contributed by atoms with van der Waals surface area (Å²) in [7, 11) is -4.25. The number of halogens is 3. The molecule has 10 heteroatoms. The van der Waals surface area contributed by atoms with Gasteiger partial charge < -0.3 is 0 Å². The van der Waals surface area contributed by atoms with Gasteiger partial charge in [-0.15, -0.1) is 0 Å². The molecular formula is C17H12ClF2N3O3S. The standard InChI is InChI=1S/C17H12ClF2N3O3S/c1-10-21-14(9-23(10)16-12(19)6-4-7-13(16)20)17(24)22-27(25,26)15-8-3-2-5-11(15)18/h2-9H,1H3,(H,22,24). The third-order valence-electron chi connectivity index (χ3n) is 3.65. The first-order valence-electron chi connectivity index (χ1n) is 7.53. The number of nitrogens with zero attached hydrogens (tertiary/aromatic N) is 2. The van der Waals surface area contributed by atoms with Crippen LogP contribution in [-0.2, 0) is 10.0 Å². The van der Waals surface area contributed by atoms with Gasteiger partial charge in [0.1, 0.15) is 33.7 Å². The van der Waals surface area contributed by atoms with Crippen LogP contribution in [0.15, 0.2) is 53.6 Å². The van der Waals surface area contributed by atoms with E-state index in [4.69, 9.17) is 11.6 Å². The molecule has 1 heterocycles. The highest BCUT2D eigenvalue weighted by atomic mass is 35.5. The van der Waals surface area contributed by atoms with Gasteiger partial charge in [-0.25, -0.2) is 26.9 Å². The molecule has 0 aliphatic heterocycles. The summed E-state index contributed by atoms with van der Waals surface area (Å²) >= 11 is 5.85. The Bertz CT molecular complexity index is 1130. The van der Waals surface area contributed by atoms with Crippen LogP contribution in [0.5, 0.6) is 0 Å². The molecule has 0 aliphatic rings. The predicted molar refractivity (Wildman–Crippen MR) is 94.3 cm³/mol. The molecule has 0 bridgehead atoms. The summed E-state index contributed by atoms with van der Waals surface area (Å²) in [6, 6.07) is 8.89. The summed E-state index contributed by atoms with van der Waals surface area (Å²) < 4.78 is 55.5. The van der Waals surface area contributed by atoms with Gasteiger partial charge in [0, 0.05) is 6.20 Å². The SMILES string of the molecule is Cc1nc(C(=O)NS(=O)(=O)c2ccccc2Cl)cn1-c1c(F)cccc1F. The van der Waals surface area contributed by atoms with Gasteiger partial charge in [-0.05, 0) is 31.2 Å². The van der Waals surface area contributed by atoms with E-state index in [9.17, 15) is 22.0 Å².